The van der Waals surface area contributed by atoms with E-state index in [0.717, 1.165) is 0 Å². The Morgan fingerprint density at radius 1 is 1.29 bits per heavy atom. The van der Waals surface area contributed by atoms with E-state index in [0.29, 0.717) is 0 Å². The first-order chi connectivity index (χ1) is 6.47. The summed E-state index contributed by atoms with van der Waals surface area (Å²) in [6.07, 6.45) is -0.292. The Labute approximate surface area is 81.9 Å². The number of hydrogen-bond acceptors (Lipinski definition) is 3. The van der Waals surface area contributed by atoms with Gasteiger partial charge in [0.1, 0.15) is 0 Å². The highest BCUT2D eigenvalue weighted by Gasteiger charge is 2.12. The van der Waals surface area contributed by atoms with Crippen LogP contribution in [0.1, 0.15) is 12.8 Å². The van der Waals surface area contributed by atoms with Gasteiger partial charge in [-0.05, 0) is 0 Å². The molecule has 0 fully saturated rings. The molecular weight excluding hydrogens is 188 g/mol. The number of nitrogens with one attached hydrogen (secondary N) is 1. The Hall–Kier alpha value is -1.59. The Kier molecular flexibility index (Phi) is 5.28. The number of aliphatic carboxylic acids is 1. The fourth-order valence-electron chi connectivity index (χ4n) is 0.787. The largest absolute Gasteiger partial charge is 0.481 e. The first-order valence-electron chi connectivity index (χ1n) is 4.13. The average Bonchev–Trinajstić information content (AvgIpc) is 2.13. The van der Waals surface area contributed by atoms with Crippen LogP contribution in [0.4, 0.5) is 0 Å². The minimum Gasteiger partial charge on any atom is -0.481 e. The maximum absolute atomic E-state index is 11.2. The molecule has 0 spiro atoms. The molecule has 0 aliphatic rings. The van der Waals surface area contributed by atoms with Crippen LogP contribution in [-0.2, 0) is 14.4 Å². The van der Waals surface area contributed by atoms with Crippen LogP contribution in [0.15, 0.2) is 0 Å². The molecule has 6 heteroatoms. The third-order valence-electron chi connectivity index (χ3n) is 1.64. The second-order valence-corrected chi connectivity index (χ2v) is 2.82. The number of hydrogen-bond donors (Lipinski definition) is 2. The molecule has 2 amide bonds. The van der Waals surface area contributed by atoms with Crippen molar-refractivity contribution in [3.63, 3.8) is 0 Å². The number of carbonyl (C=O) groups excluding carboxylic acids is 2. The lowest BCUT2D eigenvalue weighted by Gasteiger charge is -2.15. The maximum atomic E-state index is 11.2. The Morgan fingerprint density at radius 3 is 2.29 bits per heavy atom. The van der Waals surface area contributed by atoms with Crippen LogP contribution in [0.2, 0.25) is 0 Å². The van der Waals surface area contributed by atoms with E-state index in [1.165, 1.54) is 19.0 Å². The quantitative estimate of drug-likeness (QED) is 0.602. The lowest BCUT2D eigenvalue weighted by atomic mass is 10.3. The number of rotatable bonds is 5. The summed E-state index contributed by atoms with van der Waals surface area (Å²) in [6.45, 7) is -0.0467. The fourth-order valence-corrected chi connectivity index (χ4v) is 0.787. The van der Waals surface area contributed by atoms with Crippen LogP contribution in [0.3, 0.4) is 0 Å². The average molecular weight is 202 g/mol. The first kappa shape index (κ1) is 12.4. The van der Waals surface area contributed by atoms with Crippen molar-refractivity contribution < 1.29 is 19.5 Å². The molecule has 0 heterocycles. The standard InChI is InChI=1S/C8H14N2O4/c1-9-6(11)5-10(2)7(12)3-4-8(13)14/h3-5H2,1-2H3,(H,9,11)(H,13,14). The highest BCUT2D eigenvalue weighted by Crippen LogP contribution is 1.95. The molecule has 0 aliphatic carbocycles. The zero-order chi connectivity index (χ0) is 11.1. The number of amides is 2. The van der Waals surface area contributed by atoms with Crippen molar-refractivity contribution in [3.8, 4) is 0 Å². The van der Waals surface area contributed by atoms with Crippen molar-refractivity contribution in [2.45, 2.75) is 12.8 Å². The molecule has 0 radical (unpaired) electrons. The smallest absolute Gasteiger partial charge is 0.303 e. The van der Waals surface area contributed by atoms with Crippen molar-refractivity contribution in [2.24, 2.45) is 0 Å². The topological polar surface area (TPSA) is 86.7 Å². The summed E-state index contributed by atoms with van der Waals surface area (Å²) < 4.78 is 0. The van der Waals surface area contributed by atoms with Gasteiger partial charge in [-0.2, -0.15) is 0 Å². The van der Waals surface area contributed by atoms with Crippen LogP contribution in [0.5, 0.6) is 0 Å². The minimum absolute atomic E-state index is 0.0467. The summed E-state index contributed by atoms with van der Waals surface area (Å²) in [5.41, 5.74) is 0. The summed E-state index contributed by atoms with van der Waals surface area (Å²) in [4.78, 5) is 33.4. The van der Waals surface area contributed by atoms with Gasteiger partial charge < -0.3 is 15.3 Å². The molecule has 0 saturated carbocycles. The van der Waals surface area contributed by atoms with Crippen molar-refractivity contribution >= 4 is 17.8 Å². The third-order valence-corrected chi connectivity index (χ3v) is 1.64. The number of carboxylic acid groups (broad SMARTS) is 1. The molecular formula is C8H14N2O4. The van der Waals surface area contributed by atoms with Gasteiger partial charge in [0.05, 0.1) is 13.0 Å². The summed E-state index contributed by atoms with van der Waals surface area (Å²) in [5.74, 6) is -1.65. The minimum atomic E-state index is -1.02. The molecule has 0 aromatic rings. The van der Waals surface area contributed by atoms with Gasteiger partial charge in [0.15, 0.2) is 0 Å². The molecule has 0 rings (SSSR count). The van der Waals surface area contributed by atoms with Gasteiger partial charge in [0, 0.05) is 20.5 Å². The second-order valence-electron chi connectivity index (χ2n) is 2.82. The first-order valence-corrected chi connectivity index (χ1v) is 4.13. The van der Waals surface area contributed by atoms with E-state index < -0.39 is 5.97 Å². The van der Waals surface area contributed by atoms with Gasteiger partial charge in [-0.3, -0.25) is 14.4 Å². The number of likely N-dealkylation sites (N-methyl/N-ethyl adjacent to an activating group) is 2. The van der Waals surface area contributed by atoms with Crippen molar-refractivity contribution in [1.82, 2.24) is 10.2 Å². The van der Waals surface area contributed by atoms with Crippen molar-refractivity contribution in [2.75, 3.05) is 20.6 Å². The molecule has 0 unspecified atom stereocenters. The SMILES string of the molecule is CNC(=O)CN(C)C(=O)CCC(=O)O. The zero-order valence-corrected chi connectivity index (χ0v) is 8.24. The monoisotopic (exact) mass is 202 g/mol. The van der Waals surface area contributed by atoms with Gasteiger partial charge in [-0.15, -0.1) is 0 Å². The van der Waals surface area contributed by atoms with Crippen LogP contribution in [-0.4, -0.2) is 48.4 Å². The molecule has 0 saturated heterocycles. The highest BCUT2D eigenvalue weighted by atomic mass is 16.4. The number of carbonyl (C=O) groups is 3. The normalized spacial score (nSPS) is 9.29. The van der Waals surface area contributed by atoms with Gasteiger partial charge >= 0.3 is 5.97 Å². The van der Waals surface area contributed by atoms with E-state index >= 15 is 0 Å². The van der Waals surface area contributed by atoms with Crippen LogP contribution in [0.25, 0.3) is 0 Å². The predicted molar refractivity (Wildman–Crippen MR) is 48.6 cm³/mol. The van der Waals surface area contributed by atoms with Gasteiger partial charge in [-0.25, -0.2) is 0 Å². The Bertz CT molecular complexity index is 239. The van der Waals surface area contributed by atoms with E-state index in [1.807, 2.05) is 0 Å². The maximum Gasteiger partial charge on any atom is 0.303 e. The molecule has 0 atom stereocenters. The van der Waals surface area contributed by atoms with Gasteiger partial charge in [0.25, 0.3) is 0 Å². The third kappa shape index (κ3) is 5.13. The number of carboxylic acids is 1. The van der Waals surface area contributed by atoms with Crippen molar-refractivity contribution in [3.05, 3.63) is 0 Å². The molecule has 0 bridgehead atoms. The Balaban J connectivity index is 3.87. The van der Waals surface area contributed by atoms with Gasteiger partial charge in [-0.1, -0.05) is 0 Å². The molecule has 14 heavy (non-hydrogen) atoms. The molecule has 80 valence electrons. The number of nitrogens with zero attached hydrogens (tertiary/aromatic N) is 1. The Morgan fingerprint density at radius 2 is 1.86 bits per heavy atom. The zero-order valence-electron chi connectivity index (χ0n) is 8.24. The van der Waals surface area contributed by atoms with E-state index in [1.54, 1.807) is 0 Å². The second kappa shape index (κ2) is 5.95. The summed E-state index contributed by atoms with van der Waals surface area (Å²) in [7, 11) is 2.93. The molecule has 6 nitrogen and oxygen atoms in total. The summed E-state index contributed by atoms with van der Waals surface area (Å²) in [6, 6.07) is 0. The lowest BCUT2D eigenvalue weighted by molar-refractivity contribution is -0.141. The van der Waals surface area contributed by atoms with Gasteiger partial charge in [0.2, 0.25) is 11.8 Å². The van der Waals surface area contributed by atoms with Crippen LogP contribution >= 0.6 is 0 Å². The van der Waals surface area contributed by atoms with Crippen LogP contribution < -0.4 is 5.32 Å². The van der Waals surface area contributed by atoms with Crippen LogP contribution in [0, 0.1) is 0 Å². The lowest BCUT2D eigenvalue weighted by Crippen LogP contribution is -2.36. The molecule has 0 aromatic carbocycles. The molecule has 0 aliphatic heterocycles. The van der Waals surface area contributed by atoms with E-state index in [-0.39, 0.29) is 31.2 Å². The van der Waals surface area contributed by atoms with E-state index in [4.69, 9.17) is 5.11 Å². The fraction of sp³-hybridized carbons (Fsp3) is 0.625. The van der Waals surface area contributed by atoms with E-state index in [9.17, 15) is 14.4 Å². The predicted octanol–water partition coefficient (Wildman–Crippen LogP) is -0.944. The summed E-state index contributed by atoms with van der Waals surface area (Å²) >= 11 is 0. The van der Waals surface area contributed by atoms with E-state index in [2.05, 4.69) is 5.32 Å². The summed E-state index contributed by atoms with van der Waals surface area (Å²) in [5, 5.41) is 10.7. The molecule has 2 N–H and O–H groups in total. The van der Waals surface area contributed by atoms with Crippen molar-refractivity contribution in [1.29, 1.82) is 0 Å². The highest BCUT2D eigenvalue weighted by molar-refractivity contribution is 5.85. The molecule has 0 aromatic heterocycles.